The fraction of sp³-hybridized carbons (Fsp3) is 0.733. The molecule has 3 atom stereocenters. The van der Waals surface area contributed by atoms with Gasteiger partial charge >= 0.3 is 0 Å². The minimum absolute atomic E-state index is 0.155. The summed E-state index contributed by atoms with van der Waals surface area (Å²) in [5.41, 5.74) is 6.31. The third-order valence-corrected chi connectivity index (χ3v) is 4.30. The van der Waals surface area contributed by atoms with Gasteiger partial charge in [-0.25, -0.2) is 0 Å². The Kier molecular flexibility index (Phi) is 4.46. The van der Waals surface area contributed by atoms with Gasteiger partial charge in [0, 0.05) is 12.6 Å². The van der Waals surface area contributed by atoms with E-state index in [0.29, 0.717) is 0 Å². The molecule has 1 saturated heterocycles. The maximum absolute atomic E-state index is 6.31. The summed E-state index contributed by atoms with van der Waals surface area (Å²) < 4.78 is 5.61. The van der Waals surface area contributed by atoms with Crippen molar-refractivity contribution in [2.24, 2.45) is 17.6 Å². The molecule has 0 aliphatic carbocycles. The SMILES string of the molecule is CCC(N)C(c1ccco1)N1CCC(C(C)C)C1. The van der Waals surface area contributed by atoms with Crippen LogP contribution in [-0.2, 0) is 0 Å². The largest absolute Gasteiger partial charge is 0.468 e. The van der Waals surface area contributed by atoms with Crippen LogP contribution in [0, 0.1) is 11.8 Å². The number of nitrogens with two attached hydrogens (primary N) is 1. The van der Waals surface area contributed by atoms with Crippen LogP contribution in [0.2, 0.25) is 0 Å². The third-order valence-electron chi connectivity index (χ3n) is 4.30. The second kappa shape index (κ2) is 5.89. The molecule has 0 radical (unpaired) electrons. The average molecular weight is 250 g/mol. The van der Waals surface area contributed by atoms with Crippen molar-refractivity contribution in [1.29, 1.82) is 0 Å². The van der Waals surface area contributed by atoms with Crippen LogP contribution < -0.4 is 5.73 Å². The van der Waals surface area contributed by atoms with E-state index in [4.69, 9.17) is 10.2 Å². The fourth-order valence-corrected chi connectivity index (χ4v) is 2.96. The van der Waals surface area contributed by atoms with E-state index in [1.165, 1.54) is 6.42 Å². The molecular formula is C15H26N2O. The zero-order chi connectivity index (χ0) is 13.1. The highest BCUT2D eigenvalue weighted by atomic mass is 16.3. The predicted octanol–water partition coefficient (Wildman–Crippen LogP) is 3.04. The van der Waals surface area contributed by atoms with Crippen molar-refractivity contribution in [2.45, 2.75) is 45.7 Å². The Bertz CT molecular complexity index is 347. The lowest BCUT2D eigenvalue weighted by molar-refractivity contribution is 0.171. The Hall–Kier alpha value is -0.800. The molecule has 1 fully saturated rings. The first kappa shape index (κ1) is 13.6. The van der Waals surface area contributed by atoms with E-state index in [2.05, 4.69) is 31.7 Å². The Balaban J connectivity index is 2.11. The molecule has 2 rings (SSSR count). The van der Waals surface area contributed by atoms with Crippen molar-refractivity contribution in [3.8, 4) is 0 Å². The van der Waals surface area contributed by atoms with E-state index >= 15 is 0 Å². The third kappa shape index (κ3) is 2.78. The van der Waals surface area contributed by atoms with Crippen molar-refractivity contribution >= 4 is 0 Å². The van der Waals surface area contributed by atoms with Crippen LogP contribution in [0.5, 0.6) is 0 Å². The molecule has 0 amide bonds. The predicted molar refractivity (Wildman–Crippen MR) is 74.2 cm³/mol. The van der Waals surface area contributed by atoms with Gasteiger partial charge in [-0.05, 0) is 43.4 Å². The zero-order valence-corrected chi connectivity index (χ0v) is 11.8. The summed E-state index contributed by atoms with van der Waals surface area (Å²) in [5, 5.41) is 0. The van der Waals surface area contributed by atoms with E-state index in [1.807, 2.05) is 6.07 Å². The summed E-state index contributed by atoms with van der Waals surface area (Å²) in [6.07, 6.45) is 4.01. The molecule has 1 aromatic rings. The van der Waals surface area contributed by atoms with Gasteiger partial charge in [-0.3, -0.25) is 4.90 Å². The van der Waals surface area contributed by atoms with Gasteiger partial charge in [0.1, 0.15) is 5.76 Å². The lowest BCUT2D eigenvalue weighted by Gasteiger charge is -2.31. The molecule has 2 N–H and O–H groups in total. The normalized spacial score (nSPS) is 24.6. The van der Waals surface area contributed by atoms with Crippen LogP contribution in [0.3, 0.4) is 0 Å². The summed E-state index contributed by atoms with van der Waals surface area (Å²) in [5.74, 6) is 2.57. The fourth-order valence-electron chi connectivity index (χ4n) is 2.96. The lowest BCUT2D eigenvalue weighted by atomic mass is 9.95. The van der Waals surface area contributed by atoms with Gasteiger partial charge < -0.3 is 10.2 Å². The highest BCUT2D eigenvalue weighted by Gasteiger charge is 2.34. The minimum atomic E-state index is 0.155. The van der Waals surface area contributed by atoms with Crippen LogP contribution in [0.15, 0.2) is 22.8 Å². The molecule has 0 aromatic carbocycles. The molecule has 0 saturated carbocycles. The molecule has 1 aliphatic heterocycles. The number of furan rings is 1. The number of hydrogen-bond acceptors (Lipinski definition) is 3. The second-order valence-electron chi connectivity index (χ2n) is 5.82. The second-order valence-corrected chi connectivity index (χ2v) is 5.82. The standard InChI is InChI=1S/C15H26N2O/c1-4-13(16)15(14-6-5-9-18-14)17-8-7-12(10-17)11(2)3/h5-6,9,11-13,15H,4,7-8,10,16H2,1-3H3. The molecule has 1 aromatic heterocycles. The Morgan fingerprint density at radius 3 is 2.78 bits per heavy atom. The number of likely N-dealkylation sites (tertiary alicyclic amines) is 1. The molecule has 2 heterocycles. The van der Waals surface area contributed by atoms with Crippen molar-refractivity contribution in [1.82, 2.24) is 4.90 Å². The zero-order valence-electron chi connectivity index (χ0n) is 11.8. The van der Waals surface area contributed by atoms with Crippen LogP contribution >= 0.6 is 0 Å². The van der Waals surface area contributed by atoms with Crippen molar-refractivity contribution in [2.75, 3.05) is 13.1 Å². The minimum Gasteiger partial charge on any atom is -0.468 e. The summed E-state index contributed by atoms with van der Waals surface area (Å²) in [4.78, 5) is 2.51. The molecule has 3 nitrogen and oxygen atoms in total. The molecule has 18 heavy (non-hydrogen) atoms. The summed E-state index contributed by atoms with van der Waals surface area (Å²) >= 11 is 0. The number of rotatable bonds is 5. The van der Waals surface area contributed by atoms with Gasteiger partial charge in [0.15, 0.2) is 0 Å². The van der Waals surface area contributed by atoms with Gasteiger partial charge in [0.2, 0.25) is 0 Å². The lowest BCUT2D eigenvalue weighted by Crippen LogP contribution is -2.39. The van der Waals surface area contributed by atoms with E-state index in [9.17, 15) is 0 Å². The molecule has 0 bridgehead atoms. The first-order valence-corrected chi connectivity index (χ1v) is 7.16. The average Bonchev–Trinajstić information content (AvgIpc) is 3.00. The Morgan fingerprint density at radius 2 is 2.28 bits per heavy atom. The van der Waals surface area contributed by atoms with Crippen LogP contribution in [-0.4, -0.2) is 24.0 Å². The topological polar surface area (TPSA) is 42.4 Å². The van der Waals surface area contributed by atoms with Crippen LogP contribution in [0.4, 0.5) is 0 Å². The highest BCUT2D eigenvalue weighted by molar-refractivity contribution is 5.08. The molecule has 1 aliphatic rings. The van der Waals surface area contributed by atoms with Gasteiger partial charge in [0.05, 0.1) is 12.3 Å². The smallest absolute Gasteiger partial charge is 0.122 e. The van der Waals surface area contributed by atoms with E-state index < -0.39 is 0 Å². The quantitative estimate of drug-likeness (QED) is 0.873. The van der Waals surface area contributed by atoms with E-state index in [0.717, 1.165) is 37.1 Å². The van der Waals surface area contributed by atoms with Crippen LogP contribution in [0.1, 0.15) is 45.4 Å². The number of nitrogens with zero attached hydrogens (tertiary/aromatic N) is 1. The molecule has 102 valence electrons. The van der Waals surface area contributed by atoms with E-state index in [1.54, 1.807) is 6.26 Å². The van der Waals surface area contributed by atoms with Crippen molar-refractivity contribution in [3.05, 3.63) is 24.2 Å². The summed E-state index contributed by atoms with van der Waals surface area (Å²) in [6.45, 7) is 9.07. The maximum atomic E-state index is 6.31. The van der Waals surface area contributed by atoms with Crippen molar-refractivity contribution < 1.29 is 4.42 Å². The summed E-state index contributed by atoms with van der Waals surface area (Å²) in [6, 6.07) is 4.42. The molecular weight excluding hydrogens is 224 g/mol. The Labute approximate surface area is 110 Å². The monoisotopic (exact) mass is 250 g/mol. The van der Waals surface area contributed by atoms with Gasteiger partial charge in [-0.15, -0.1) is 0 Å². The van der Waals surface area contributed by atoms with Gasteiger partial charge in [0.25, 0.3) is 0 Å². The molecule has 0 spiro atoms. The highest BCUT2D eigenvalue weighted by Crippen LogP contribution is 2.33. The number of hydrogen-bond donors (Lipinski definition) is 1. The van der Waals surface area contributed by atoms with Gasteiger partial charge in [-0.2, -0.15) is 0 Å². The summed E-state index contributed by atoms with van der Waals surface area (Å²) in [7, 11) is 0. The first-order valence-electron chi connectivity index (χ1n) is 7.16. The first-order chi connectivity index (χ1) is 8.63. The van der Waals surface area contributed by atoms with Gasteiger partial charge in [-0.1, -0.05) is 20.8 Å². The molecule has 3 heteroatoms. The molecule has 3 unspecified atom stereocenters. The van der Waals surface area contributed by atoms with Crippen LogP contribution in [0.25, 0.3) is 0 Å². The Morgan fingerprint density at radius 1 is 1.50 bits per heavy atom. The van der Waals surface area contributed by atoms with Crippen molar-refractivity contribution in [3.63, 3.8) is 0 Å². The maximum Gasteiger partial charge on any atom is 0.122 e. The van der Waals surface area contributed by atoms with E-state index in [-0.39, 0.29) is 12.1 Å².